The van der Waals surface area contributed by atoms with E-state index < -0.39 is 5.91 Å². The molecule has 164 valence electrons. The summed E-state index contributed by atoms with van der Waals surface area (Å²) in [5, 5.41) is 15.4. The molecule has 2 aliphatic rings. The topological polar surface area (TPSA) is 87.3 Å². The van der Waals surface area contributed by atoms with Gasteiger partial charge in [0.2, 0.25) is 5.17 Å². The maximum Gasteiger partial charge on any atom is 0.283 e. The van der Waals surface area contributed by atoms with E-state index >= 15 is 0 Å². The zero-order valence-corrected chi connectivity index (χ0v) is 19.0. The minimum atomic E-state index is -0.426. The van der Waals surface area contributed by atoms with Crippen LogP contribution in [-0.2, 0) is 4.79 Å². The first-order chi connectivity index (χ1) is 15.4. The van der Waals surface area contributed by atoms with Gasteiger partial charge in [0, 0.05) is 0 Å². The number of rotatable bonds is 7. The third-order valence-corrected chi connectivity index (χ3v) is 5.86. The van der Waals surface area contributed by atoms with Crippen LogP contribution in [0, 0.1) is 19.3 Å². The van der Waals surface area contributed by atoms with Gasteiger partial charge in [-0.25, -0.2) is 0 Å². The van der Waals surface area contributed by atoms with E-state index in [0.717, 1.165) is 33.9 Å². The van der Waals surface area contributed by atoms with Gasteiger partial charge in [-0.05, 0) is 79.1 Å². The molecule has 32 heavy (non-hydrogen) atoms. The molecule has 2 heterocycles. The molecule has 0 atom stereocenters. The highest BCUT2D eigenvalue weighted by molar-refractivity contribution is 8.26. The normalized spacial score (nSPS) is 16.7. The lowest BCUT2D eigenvalue weighted by atomic mass is 10.1. The third kappa shape index (κ3) is 4.91. The molecule has 2 aromatic carbocycles. The van der Waals surface area contributed by atoms with Gasteiger partial charge in [-0.15, -0.1) is 0 Å². The van der Waals surface area contributed by atoms with Crippen molar-refractivity contribution in [2.45, 2.75) is 27.2 Å². The number of hydrazone groups is 1. The molecule has 0 spiro atoms. The van der Waals surface area contributed by atoms with Crippen molar-refractivity contribution in [1.82, 2.24) is 5.01 Å². The maximum absolute atomic E-state index is 12.4. The Labute approximate surface area is 191 Å². The van der Waals surface area contributed by atoms with Crippen molar-refractivity contribution in [3.8, 4) is 11.5 Å². The second kappa shape index (κ2) is 9.40. The van der Waals surface area contributed by atoms with Crippen LogP contribution >= 0.6 is 11.8 Å². The first-order valence-electron chi connectivity index (χ1n) is 10.4. The van der Waals surface area contributed by atoms with Gasteiger partial charge in [0.15, 0.2) is 5.84 Å². The van der Waals surface area contributed by atoms with Crippen LogP contribution in [0.5, 0.6) is 11.5 Å². The minimum Gasteiger partial charge on any atom is -0.490 e. The molecule has 7 nitrogen and oxygen atoms in total. The zero-order valence-electron chi connectivity index (χ0n) is 18.2. The van der Waals surface area contributed by atoms with Crippen LogP contribution in [0.4, 0.5) is 0 Å². The minimum absolute atomic E-state index is 0.0415. The van der Waals surface area contributed by atoms with Crippen molar-refractivity contribution < 1.29 is 14.3 Å². The average molecular weight is 449 g/mol. The van der Waals surface area contributed by atoms with Crippen molar-refractivity contribution in [3.05, 3.63) is 64.7 Å². The molecule has 0 saturated heterocycles. The summed E-state index contributed by atoms with van der Waals surface area (Å²) in [5.74, 6) is 1.16. The van der Waals surface area contributed by atoms with Gasteiger partial charge in [0.1, 0.15) is 29.8 Å². The van der Waals surface area contributed by atoms with E-state index in [9.17, 15) is 4.79 Å². The van der Waals surface area contributed by atoms with Crippen molar-refractivity contribution in [1.29, 1.82) is 5.41 Å². The van der Waals surface area contributed by atoms with E-state index in [1.807, 2.05) is 57.2 Å². The summed E-state index contributed by atoms with van der Waals surface area (Å²) >= 11 is 1.33. The first-order valence-corrected chi connectivity index (χ1v) is 11.2. The Balaban J connectivity index is 1.35. The van der Waals surface area contributed by atoms with Gasteiger partial charge in [-0.2, -0.15) is 15.1 Å². The number of thioether (sulfide) groups is 1. The summed E-state index contributed by atoms with van der Waals surface area (Å²) in [6.45, 7) is 6.92. The van der Waals surface area contributed by atoms with Gasteiger partial charge in [-0.1, -0.05) is 25.1 Å². The molecule has 0 aliphatic carbocycles. The zero-order chi connectivity index (χ0) is 22.7. The van der Waals surface area contributed by atoms with Gasteiger partial charge in [0.25, 0.3) is 5.91 Å². The smallest absolute Gasteiger partial charge is 0.283 e. The van der Waals surface area contributed by atoms with Gasteiger partial charge >= 0.3 is 0 Å². The van der Waals surface area contributed by atoms with Crippen LogP contribution in [-0.4, -0.2) is 40.2 Å². The molecule has 1 amide bonds. The largest absolute Gasteiger partial charge is 0.490 e. The fourth-order valence-corrected chi connectivity index (χ4v) is 4.16. The number of fused-ring (bicyclic) bond motifs is 1. The molecule has 0 unspecified atom stereocenters. The third-order valence-electron chi connectivity index (χ3n) is 4.81. The molecule has 0 saturated carbocycles. The molecule has 0 fully saturated rings. The average Bonchev–Trinajstić information content (AvgIpc) is 3.18. The number of ether oxygens (including phenoxy) is 2. The summed E-state index contributed by atoms with van der Waals surface area (Å²) in [6.07, 6.45) is 2.39. The number of benzene rings is 2. The monoisotopic (exact) mass is 448 g/mol. The van der Waals surface area contributed by atoms with E-state index in [1.165, 1.54) is 16.8 Å². The van der Waals surface area contributed by atoms with Crippen molar-refractivity contribution in [2.75, 3.05) is 13.2 Å². The highest BCUT2D eigenvalue weighted by Crippen LogP contribution is 2.29. The predicted octanol–water partition coefficient (Wildman–Crippen LogP) is 4.79. The first kappa shape index (κ1) is 21.8. The Kier molecular flexibility index (Phi) is 6.41. The van der Waals surface area contributed by atoms with Crippen LogP contribution in [0.3, 0.4) is 0 Å². The molecule has 0 aromatic heterocycles. The molecular formula is C24H24N4O3S. The van der Waals surface area contributed by atoms with E-state index in [0.29, 0.717) is 24.1 Å². The van der Waals surface area contributed by atoms with E-state index in [2.05, 4.69) is 16.2 Å². The molecule has 1 N–H and O–H groups in total. The van der Waals surface area contributed by atoms with Gasteiger partial charge in [0.05, 0.1) is 5.57 Å². The van der Waals surface area contributed by atoms with Crippen LogP contribution < -0.4 is 9.47 Å². The number of nitrogens with one attached hydrogen (secondary N) is 1. The van der Waals surface area contributed by atoms with Crippen LogP contribution in [0.25, 0.3) is 6.08 Å². The molecule has 0 bridgehead atoms. The summed E-state index contributed by atoms with van der Waals surface area (Å²) in [6, 6.07) is 13.4. The standard InChI is InChI=1S/C24H24N4O3S/c1-4-21-27-28-22(25)20(23(29)26-24(28)32-21)14-17-5-7-18(8-6-17)30-9-10-31-19-12-15(2)11-16(3)13-19/h5-8,11-14,25H,4,9-10H2,1-3H3. The Morgan fingerprint density at radius 2 is 1.69 bits per heavy atom. The van der Waals surface area contributed by atoms with Crippen molar-refractivity contribution >= 4 is 39.8 Å². The number of nitrogens with zero attached hydrogens (tertiary/aromatic N) is 3. The second-order valence-corrected chi connectivity index (χ2v) is 8.50. The molecule has 0 radical (unpaired) electrons. The van der Waals surface area contributed by atoms with Gasteiger partial charge in [-0.3, -0.25) is 10.2 Å². The number of aryl methyl sites for hydroxylation is 2. The number of carbonyl (C=O) groups is 1. The number of amides is 1. The maximum atomic E-state index is 12.4. The Morgan fingerprint density at radius 3 is 2.34 bits per heavy atom. The molecular weight excluding hydrogens is 424 g/mol. The predicted molar refractivity (Wildman–Crippen MR) is 129 cm³/mol. The van der Waals surface area contributed by atoms with Crippen molar-refractivity contribution in [2.24, 2.45) is 10.1 Å². The van der Waals surface area contributed by atoms with E-state index in [-0.39, 0.29) is 11.4 Å². The highest BCUT2D eigenvalue weighted by atomic mass is 32.2. The number of carbonyl (C=O) groups excluding carboxylic acids is 1. The molecule has 2 aliphatic heterocycles. The molecule has 2 aromatic rings. The number of amidine groups is 2. The fourth-order valence-electron chi connectivity index (χ4n) is 3.34. The Bertz CT molecular complexity index is 1130. The Hall–Kier alpha value is -3.39. The summed E-state index contributed by atoms with van der Waals surface area (Å²) in [7, 11) is 0. The van der Waals surface area contributed by atoms with Crippen LogP contribution in [0.1, 0.15) is 30.0 Å². The quantitative estimate of drug-likeness (QED) is 0.486. The van der Waals surface area contributed by atoms with Gasteiger partial charge < -0.3 is 9.47 Å². The highest BCUT2D eigenvalue weighted by Gasteiger charge is 2.34. The molecule has 8 heteroatoms. The van der Waals surface area contributed by atoms with E-state index in [4.69, 9.17) is 14.9 Å². The molecule has 4 rings (SSSR count). The lowest BCUT2D eigenvalue weighted by molar-refractivity contribution is -0.114. The number of hydrogen-bond donors (Lipinski definition) is 1. The Morgan fingerprint density at radius 1 is 1.03 bits per heavy atom. The summed E-state index contributed by atoms with van der Waals surface area (Å²) in [4.78, 5) is 16.5. The summed E-state index contributed by atoms with van der Waals surface area (Å²) in [5.41, 5.74) is 3.32. The van der Waals surface area contributed by atoms with E-state index in [1.54, 1.807) is 6.08 Å². The number of aliphatic imine (C=N–C) groups is 1. The summed E-state index contributed by atoms with van der Waals surface area (Å²) < 4.78 is 11.5. The lowest BCUT2D eigenvalue weighted by Crippen LogP contribution is -2.35. The SMILES string of the molecule is CCC1=NN2C(=N)C(=Cc3ccc(OCCOc4cc(C)cc(C)c4)cc3)C(=O)N=C2S1. The van der Waals surface area contributed by atoms with Crippen LogP contribution in [0.15, 0.2) is 58.1 Å². The van der Waals surface area contributed by atoms with Crippen LogP contribution in [0.2, 0.25) is 0 Å². The second-order valence-electron chi connectivity index (χ2n) is 7.46. The lowest BCUT2D eigenvalue weighted by Gasteiger charge is -2.20. The fraction of sp³-hybridized carbons (Fsp3) is 0.250. The van der Waals surface area contributed by atoms with Crippen molar-refractivity contribution in [3.63, 3.8) is 0 Å². The number of hydrogen-bond acceptors (Lipinski definition) is 6.